The highest BCUT2D eigenvalue weighted by atomic mass is 16.7. The van der Waals surface area contributed by atoms with Gasteiger partial charge in [-0.1, -0.05) is 19.1 Å². The van der Waals surface area contributed by atoms with Crippen LogP contribution >= 0.6 is 0 Å². The number of aryl methyl sites for hydroxylation is 2. The van der Waals surface area contributed by atoms with Crippen molar-refractivity contribution < 1.29 is 9.47 Å². The third-order valence-electron chi connectivity index (χ3n) is 7.22. The van der Waals surface area contributed by atoms with Crippen molar-refractivity contribution in [2.45, 2.75) is 58.7 Å². The van der Waals surface area contributed by atoms with E-state index in [1.54, 1.807) is 6.07 Å². The van der Waals surface area contributed by atoms with Crippen LogP contribution in [0.3, 0.4) is 0 Å². The lowest BCUT2D eigenvalue weighted by Gasteiger charge is -2.37. The third kappa shape index (κ3) is 4.20. The molecule has 1 unspecified atom stereocenters. The van der Waals surface area contributed by atoms with Crippen LogP contribution in [-0.2, 0) is 13.0 Å². The molecule has 2 aromatic carbocycles. The summed E-state index contributed by atoms with van der Waals surface area (Å²) in [6.07, 6.45) is 3.07. The second-order valence-electron chi connectivity index (χ2n) is 9.09. The largest absolute Gasteiger partial charge is 0.454 e. The Balaban J connectivity index is 1.30. The van der Waals surface area contributed by atoms with E-state index in [1.807, 2.05) is 17.6 Å². The zero-order valence-corrected chi connectivity index (χ0v) is 19.8. The normalized spacial score (nSPS) is 17.4. The van der Waals surface area contributed by atoms with Crippen molar-refractivity contribution in [3.05, 3.63) is 63.9 Å². The topological polar surface area (TPSA) is 55.7 Å². The van der Waals surface area contributed by atoms with Crippen LogP contribution in [0.1, 0.15) is 50.8 Å². The number of hydrogen-bond donors (Lipinski definition) is 1. The first kappa shape index (κ1) is 21.8. The van der Waals surface area contributed by atoms with Crippen molar-refractivity contribution >= 4 is 16.6 Å². The summed E-state index contributed by atoms with van der Waals surface area (Å²) in [5.74, 6) is 1.67. The molecular formula is C27H33N3O3. The highest BCUT2D eigenvalue weighted by Gasteiger charge is 2.25. The van der Waals surface area contributed by atoms with E-state index in [4.69, 9.17) is 9.47 Å². The number of nitrogens with zero attached hydrogens (tertiary/aromatic N) is 2. The molecule has 1 atom stereocenters. The van der Waals surface area contributed by atoms with Crippen molar-refractivity contribution in [3.63, 3.8) is 0 Å². The van der Waals surface area contributed by atoms with Crippen molar-refractivity contribution in [1.82, 2.24) is 9.47 Å². The number of anilines is 1. The van der Waals surface area contributed by atoms with Gasteiger partial charge in [-0.2, -0.15) is 0 Å². The van der Waals surface area contributed by atoms with E-state index in [0.29, 0.717) is 25.4 Å². The van der Waals surface area contributed by atoms with Crippen LogP contribution in [0, 0.1) is 0 Å². The fourth-order valence-corrected chi connectivity index (χ4v) is 5.13. The summed E-state index contributed by atoms with van der Waals surface area (Å²) in [7, 11) is 0. The molecule has 174 valence electrons. The summed E-state index contributed by atoms with van der Waals surface area (Å²) in [5, 5.41) is 4.87. The molecule has 33 heavy (non-hydrogen) atoms. The molecule has 3 heterocycles. The number of pyridine rings is 1. The Morgan fingerprint density at radius 2 is 1.82 bits per heavy atom. The monoisotopic (exact) mass is 447 g/mol. The van der Waals surface area contributed by atoms with Gasteiger partial charge in [0, 0.05) is 48.9 Å². The Hall–Kier alpha value is -2.99. The predicted molar refractivity (Wildman–Crippen MR) is 132 cm³/mol. The van der Waals surface area contributed by atoms with E-state index in [9.17, 15) is 4.79 Å². The molecule has 0 bridgehead atoms. The summed E-state index contributed by atoms with van der Waals surface area (Å²) in [5.41, 5.74) is 4.59. The number of benzene rings is 2. The summed E-state index contributed by atoms with van der Waals surface area (Å²) >= 11 is 0. The molecule has 2 aliphatic heterocycles. The van der Waals surface area contributed by atoms with Gasteiger partial charge in [0.2, 0.25) is 6.79 Å². The van der Waals surface area contributed by atoms with E-state index in [2.05, 4.69) is 54.4 Å². The van der Waals surface area contributed by atoms with Gasteiger partial charge < -0.3 is 19.4 Å². The number of nitrogens with one attached hydrogen (secondary N) is 1. The first-order chi connectivity index (χ1) is 16.1. The second-order valence-corrected chi connectivity index (χ2v) is 9.09. The molecule has 6 nitrogen and oxygen atoms in total. The fraction of sp³-hybridized carbons (Fsp3) is 0.444. The van der Waals surface area contributed by atoms with E-state index in [1.165, 1.54) is 11.1 Å². The van der Waals surface area contributed by atoms with Gasteiger partial charge in [-0.05, 0) is 68.5 Å². The zero-order valence-electron chi connectivity index (χ0n) is 19.8. The first-order valence-corrected chi connectivity index (χ1v) is 12.1. The number of fused-ring (bicyclic) bond motifs is 2. The molecule has 0 amide bonds. The van der Waals surface area contributed by atoms with Crippen LogP contribution in [0.5, 0.6) is 11.5 Å². The van der Waals surface area contributed by atoms with Crippen LogP contribution in [0.25, 0.3) is 10.9 Å². The number of aromatic nitrogens is 1. The molecule has 3 aromatic rings. The zero-order chi connectivity index (χ0) is 22.9. The van der Waals surface area contributed by atoms with Gasteiger partial charge in [-0.15, -0.1) is 0 Å². The maximum Gasteiger partial charge on any atom is 0.253 e. The van der Waals surface area contributed by atoms with Crippen molar-refractivity contribution in [2.24, 2.45) is 0 Å². The quantitative estimate of drug-likeness (QED) is 0.579. The van der Waals surface area contributed by atoms with Crippen LogP contribution < -0.4 is 20.3 Å². The Morgan fingerprint density at radius 3 is 2.58 bits per heavy atom. The fourth-order valence-electron chi connectivity index (χ4n) is 5.13. The summed E-state index contributed by atoms with van der Waals surface area (Å²) in [4.78, 5) is 15.3. The molecule has 1 N–H and O–H groups in total. The number of hydrogen-bond acceptors (Lipinski definition) is 5. The van der Waals surface area contributed by atoms with Crippen LogP contribution in [0.15, 0.2) is 47.3 Å². The van der Waals surface area contributed by atoms with Gasteiger partial charge in [-0.25, -0.2) is 0 Å². The maximum atomic E-state index is 12.8. The van der Waals surface area contributed by atoms with Crippen LogP contribution in [-0.4, -0.2) is 35.4 Å². The van der Waals surface area contributed by atoms with E-state index in [0.717, 1.165) is 60.4 Å². The molecule has 1 saturated heterocycles. The van der Waals surface area contributed by atoms with Gasteiger partial charge in [0.1, 0.15) is 0 Å². The summed E-state index contributed by atoms with van der Waals surface area (Å²) in [6.45, 7) is 9.46. The van der Waals surface area contributed by atoms with Crippen molar-refractivity contribution in [2.75, 3.05) is 25.2 Å². The van der Waals surface area contributed by atoms with Crippen molar-refractivity contribution in [1.29, 1.82) is 0 Å². The number of rotatable bonds is 6. The lowest BCUT2D eigenvalue weighted by molar-refractivity contribution is 0.166. The van der Waals surface area contributed by atoms with Gasteiger partial charge in [0.25, 0.3) is 5.56 Å². The van der Waals surface area contributed by atoms with Crippen LogP contribution in [0.4, 0.5) is 5.69 Å². The molecule has 0 radical (unpaired) electrons. The molecule has 5 rings (SSSR count). The highest BCUT2D eigenvalue weighted by molar-refractivity contribution is 5.92. The summed E-state index contributed by atoms with van der Waals surface area (Å²) in [6, 6.07) is 15.2. The highest BCUT2D eigenvalue weighted by Crippen LogP contribution is 2.36. The number of likely N-dealkylation sites (tertiary alicyclic amines) is 1. The minimum Gasteiger partial charge on any atom is -0.454 e. The van der Waals surface area contributed by atoms with E-state index in [-0.39, 0.29) is 5.56 Å². The predicted octanol–water partition coefficient (Wildman–Crippen LogP) is 4.95. The summed E-state index contributed by atoms with van der Waals surface area (Å²) < 4.78 is 12.9. The second kappa shape index (κ2) is 9.10. The van der Waals surface area contributed by atoms with Gasteiger partial charge >= 0.3 is 0 Å². The first-order valence-electron chi connectivity index (χ1n) is 12.1. The average molecular weight is 448 g/mol. The number of ether oxygens (including phenoxy) is 2. The van der Waals surface area contributed by atoms with Gasteiger partial charge in [0.15, 0.2) is 11.5 Å². The Kier molecular flexibility index (Phi) is 6.02. The lowest BCUT2D eigenvalue weighted by atomic mass is 9.99. The minimum atomic E-state index is 0.0608. The van der Waals surface area contributed by atoms with Crippen LogP contribution in [0.2, 0.25) is 0 Å². The average Bonchev–Trinajstić information content (AvgIpc) is 3.32. The molecular weight excluding hydrogens is 414 g/mol. The Morgan fingerprint density at radius 1 is 1.03 bits per heavy atom. The maximum absolute atomic E-state index is 12.8. The van der Waals surface area contributed by atoms with Gasteiger partial charge in [-0.3, -0.25) is 9.69 Å². The smallest absolute Gasteiger partial charge is 0.253 e. The van der Waals surface area contributed by atoms with Crippen molar-refractivity contribution in [3.8, 4) is 11.5 Å². The lowest BCUT2D eigenvalue weighted by Crippen LogP contribution is -2.40. The minimum absolute atomic E-state index is 0.0608. The molecule has 6 heteroatoms. The molecule has 0 saturated carbocycles. The molecule has 2 aliphatic rings. The Bertz CT molecular complexity index is 1210. The third-order valence-corrected chi connectivity index (χ3v) is 7.22. The number of piperidine rings is 1. The van der Waals surface area contributed by atoms with Gasteiger partial charge in [0.05, 0.1) is 5.52 Å². The molecule has 1 fully saturated rings. The van der Waals surface area contributed by atoms with E-state index >= 15 is 0 Å². The SMILES string of the molecule is CCc1ccc2c(c1)c(NC1CCN(C(C)c3ccc4c(c3)OCO4)CC1)cc(=O)n2CC. The standard InChI is InChI=1S/C27H33N3O3/c1-4-19-6-8-24-22(14-19)23(16-27(31)30(24)5-2)28-21-10-12-29(13-11-21)18(3)20-7-9-25-26(15-20)33-17-32-25/h6-9,14-16,18,21,28H,4-5,10-13,17H2,1-3H3. The Labute approximate surface area is 195 Å². The molecule has 0 aliphatic carbocycles. The molecule has 1 aromatic heterocycles. The molecule has 0 spiro atoms. The van der Waals surface area contributed by atoms with E-state index < -0.39 is 0 Å².